The quantitative estimate of drug-likeness (QED) is 0.584. The van der Waals surface area contributed by atoms with Gasteiger partial charge in [0.15, 0.2) is 0 Å². The second-order valence-corrected chi connectivity index (χ2v) is 4.90. The van der Waals surface area contributed by atoms with E-state index in [0.717, 1.165) is 38.6 Å². The van der Waals surface area contributed by atoms with Gasteiger partial charge in [0.25, 0.3) is 0 Å². The predicted octanol–water partition coefficient (Wildman–Crippen LogP) is 0.290. The summed E-state index contributed by atoms with van der Waals surface area (Å²) in [6.07, 6.45) is 5.05. The molecule has 2 amide bonds. The lowest BCUT2D eigenvalue weighted by Crippen LogP contribution is -2.57. The number of carbonyl (C=O) groups excluding carboxylic acids is 2. The van der Waals surface area contributed by atoms with Gasteiger partial charge in [0.2, 0.25) is 11.8 Å². The maximum absolute atomic E-state index is 12.0. The monoisotopic (exact) mass is 241 g/mol. The van der Waals surface area contributed by atoms with Crippen LogP contribution in [0.3, 0.4) is 0 Å². The molecule has 98 valence electrons. The highest BCUT2D eigenvalue weighted by Gasteiger charge is 2.33. The van der Waals surface area contributed by atoms with Gasteiger partial charge in [0.05, 0.1) is 5.54 Å². The Morgan fingerprint density at radius 1 is 1.35 bits per heavy atom. The lowest BCUT2D eigenvalue weighted by molar-refractivity contribution is -0.127. The van der Waals surface area contributed by atoms with Gasteiger partial charge < -0.3 is 16.4 Å². The summed E-state index contributed by atoms with van der Waals surface area (Å²) in [5.41, 5.74) is 4.62. The highest BCUT2D eigenvalue weighted by molar-refractivity contribution is 5.85. The third-order valence-electron chi connectivity index (χ3n) is 3.26. The number of amides is 2. The molecule has 1 rings (SSSR count). The van der Waals surface area contributed by atoms with Gasteiger partial charge in [0.1, 0.15) is 0 Å². The standard InChI is InChI=1S/C12H23N3O2/c1-12(7-3-5-9-15-12)11(17)14-8-4-2-6-10(13)16/h15H,2-9H2,1H3,(H2,13,16)(H,14,17). The zero-order valence-corrected chi connectivity index (χ0v) is 10.6. The highest BCUT2D eigenvalue weighted by Crippen LogP contribution is 2.18. The van der Waals surface area contributed by atoms with Crippen molar-refractivity contribution >= 4 is 11.8 Å². The first-order valence-electron chi connectivity index (χ1n) is 6.36. The minimum absolute atomic E-state index is 0.0660. The van der Waals surface area contributed by atoms with Crippen LogP contribution in [0, 0.1) is 0 Å². The number of hydrogen-bond donors (Lipinski definition) is 3. The Hall–Kier alpha value is -1.10. The number of primary amides is 1. The van der Waals surface area contributed by atoms with Crippen molar-refractivity contribution in [2.45, 2.75) is 51.0 Å². The average Bonchev–Trinajstić information content (AvgIpc) is 2.29. The number of carbonyl (C=O) groups is 2. The van der Waals surface area contributed by atoms with Gasteiger partial charge in [-0.05, 0) is 45.6 Å². The summed E-state index contributed by atoms with van der Waals surface area (Å²) in [4.78, 5) is 22.5. The van der Waals surface area contributed by atoms with E-state index in [9.17, 15) is 9.59 Å². The fourth-order valence-corrected chi connectivity index (χ4v) is 2.07. The molecule has 0 radical (unpaired) electrons. The molecule has 1 fully saturated rings. The molecule has 4 N–H and O–H groups in total. The van der Waals surface area contributed by atoms with E-state index < -0.39 is 5.54 Å². The van der Waals surface area contributed by atoms with E-state index in [1.54, 1.807) is 0 Å². The largest absolute Gasteiger partial charge is 0.370 e. The Morgan fingerprint density at radius 3 is 2.71 bits per heavy atom. The van der Waals surface area contributed by atoms with Crippen LogP contribution in [0.2, 0.25) is 0 Å². The van der Waals surface area contributed by atoms with Crippen molar-refractivity contribution in [2.75, 3.05) is 13.1 Å². The van der Waals surface area contributed by atoms with Crippen LogP contribution in [0.15, 0.2) is 0 Å². The topological polar surface area (TPSA) is 84.2 Å². The molecular weight excluding hydrogens is 218 g/mol. The van der Waals surface area contributed by atoms with Crippen molar-refractivity contribution in [3.8, 4) is 0 Å². The van der Waals surface area contributed by atoms with Gasteiger partial charge in [-0.15, -0.1) is 0 Å². The number of nitrogens with one attached hydrogen (secondary N) is 2. The van der Waals surface area contributed by atoms with Crippen LogP contribution in [0.5, 0.6) is 0 Å². The second kappa shape index (κ2) is 6.59. The Balaban J connectivity index is 2.17. The van der Waals surface area contributed by atoms with Crippen molar-refractivity contribution < 1.29 is 9.59 Å². The van der Waals surface area contributed by atoms with Crippen molar-refractivity contribution in [3.05, 3.63) is 0 Å². The van der Waals surface area contributed by atoms with Gasteiger partial charge in [-0.2, -0.15) is 0 Å². The van der Waals surface area contributed by atoms with Crippen LogP contribution in [0.1, 0.15) is 45.4 Å². The molecule has 1 aliphatic heterocycles. The summed E-state index contributed by atoms with van der Waals surface area (Å²) in [5.74, 6) is -0.214. The SMILES string of the molecule is CC1(C(=O)NCCCCC(N)=O)CCCCN1. The van der Waals surface area contributed by atoms with Crippen LogP contribution in [-0.2, 0) is 9.59 Å². The smallest absolute Gasteiger partial charge is 0.240 e. The third-order valence-corrected chi connectivity index (χ3v) is 3.26. The number of hydrogen-bond acceptors (Lipinski definition) is 3. The molecule has 0 aromatic heterocycles. The number of piperidine rings is 1. The summed E-state index contributed by atoms with van der Waals surface area (Å²) in [7, 11) is 0. The minimum Gasteiger partial charge on any atom is -0.370 e. The number of unbranched alkanes of at least 4 members (excludes halogenated alkanes) is 1. The minimum atomic E-state index is -0.415. The Morgan fingerprint density at radius 2 is 2.12 bits per heavy atom. The molecule has 0 aromatic rings. The average molecular weight is 241 g/mol. The Labute approximate surface area is 103 Å². The maximum Gasteiger partial charge on any atom is 0.240 e. The molecule has 0 aliphatic carbocycles. The summed E-state index contributed by atoms with van der Waals surface area (Å²) in [5, 5.41) is 6.18. The summed E-state index contributed by atoms with van der Waals surface area (Å²) < 4.78 is 0. The molecule has 0 bridgehead atoms. The number of nitrogens with two attached hydrogens (primary N) is 1. The van der Waals surface area contributed by atoms with E-state index in [4.69, 9.17) is 5.73 Å². The van der Waals surface area contributed by atoms with Crippen molar-refractivity contribution in [2.24, 2.45) is 5.73 Å². The number of rotatable bonds is 6. The van der Waals surface area contributed by atoms with E-state index in [1.165, 1.54) is 0 Å². The van der Waals surface area contributed by atoms with E-state index in [2.05, 4.69) is 10.6 Å². The molecule has 0 spiro atoms. The first-order chi connectivity index (χ1) is 8.04. The molecule has 5 heteroatoms. The van der Waals surface area contributed by atoms with Gasteiger partial charge in [-0.25, -0.2) is 0 Å². The molecule has 0 aromatic carbocycles. The first-order valence-corrected chi connectivity index (χ1v) is 6.36. The molecule has 1 saturated heterocycles. The molecule has 1 atom stereocenters. The summed E-state index contributed by atoms with van der Waals surface area (Å²) in [6.45, 7) is 3.47. The van der Waals surface area contributed by atoms with Gasteiger partial charge in [0, 0.05) is 13.0 Å². The van der Waals surface area contributed by atoms with Crippen molar-refractivity contribution in [3.63, 3.8) is 0 Å². The molecule has 1 unspecified atom stereocenters. The van der Waals surface area contributed by atoms with Gasteiger partial charge in [-0.3, -0.25) is 9.59 Å². The van der Waals surface area contributed by atoms with Crippen molar-refractivity contribution in [1.82, 2.24) is 10.6 Å². The first kappa shape index (κ1) is 14.0. The zero-order valence-electron chi connectivity index (χ0n) is 10.6. The van der Waals surface area contributed by atoms with E-state index in [0.29, 0.717) is 13.0 Å². The molecule has 1 aliphatic rings. The fraction of sp³-hybridized carbons (Fsp3) is 0.833. The third kappa shape index (κ3) is 4.73. The maximum atomic E-state index is 12.0. The Bertz CT molecular complexity index is 273. The zero-order chi connectivity index (χ0) is 12.7. The molecule has 1 heterocycles. The van der Waals surface area contributed by atoms with E-state index in [1.807, 2.05) is 6.92 Å². The molecule has 17 heavy (non-hydrogen) atoms. The predicted molar refractivity (Wildman–Crippen MR) is 66.3 cm³/mol. The van der Waals surface area contributed by atoms with E-state index in [-0.39, 0.29) is 11.8 Å². The van der Waals surface area contributed by atoms with Crippen LogP contribution < -0.4 is 16.4 Å². The molecule has 0 saturated carbocycles. The van der Waals surface area contributed by atoms with Crippen LogP contribution in [0.4, 0.5) is 0 Å². The van der Waals surface area contributed by atoms with Crippen LogP contribution in [-0.4, -0.2) is 30.4 Å². The lowest BCUT2D eigenvalue weighted by Gasteiger charge is -2.33. The summed E-state index contributed by atoms with van der Waals surface area (Å²) >= 11 is 0. The highest BCUT2D eigenvalue weighted by atomic mass is 16.2. The van der Waals surface area contributed by atoms with Crippen LogP contribution in [0.25, 0.3) is 0 Å². The molecular formula is C12H23N3O2. The Kier molecular flexibility index (Phi) is 5.41. The summed E-state index contributed by atoms with van der Waals surface area (Å²) in [6, 6.07) is 0. The second-order valence-electron chi connectivity index (χ2n) is 4.90. The van der Waals surface area contributed by atoms with E-state index >= 15 is 0 Å². The lowest BCUT2D eigenvalue weighted by atomic mass is 9.90. The van der Waals surface area contributed by atoms with Crippen LogP contribution >= 0.6 is 0 Å². The normalized spacial score (nSPS) is 24.3. The van der Waals surface area contributed by atoms with Crippen molar-refractivity contribution in [1.29, 1.82) is 0 Å². The van der Waals surface area contributed by atoms with Gasteiger partial charge >= 0.3 is 0 Å². The fourth-order valence-electron chi connectivity index (χ4n) is 2.07. The molecule has 5 nitrogen and oxygen atoms in total. The van der Waals surface area contributed by atoms with Gasteiger partial charge in [-0.1, -0.05) is 0 Å².